The van der Waals surface area contributed by atoms with Crippen LogP contribution in [0.3, 0.4) is 0 Å². The number of fused-ring (bicyclic) bond motifs is 2. The van der Waals surface area contributed by atoms with Gasteiger partial charge in [-0.3, -0.25) is 9.36 Å². The van der Waals surface area contributed by atoms with Crippen molar-refractivity contribution < 1.29 is 27.4 Å². The second kappa shape index (κ2) is 9.58. The average molecular weight is 521 g/mol. The van der Waals surface area contributed by atoms with Gasteiger partial charge < -0.3 is 20.5 Å². The van der Waals surface area contributed by atoms with E-state index < -0.39 is 17.6 Å². The summed E-state index contributed by atoms with van der Waals surface area (Å²) in [6.45, 7) is 0.121. The minimum absolute atomic E-state index is 0.0103. The molecule has 0 fully saturated rings. The van der Waals surface area contributed by atoms with Crippen LogP contribution in [0.25, 0.3) is 27.9 Å². The summed E-state index contributed by atoms with van der Waals surface area (Å²) < 4.78 is 52.2. The number of para-hydroxylation sites is 2. The highest BCUT2D eigenvalue weighted by Crippen LogP contribution is 2.35. The van der Waals surface area contributed by atoms with Crippen molar-refractivity contribution in [3.8, 4) is 17.2 Å². The van der Waals surface area contributed by atoms with Crippen LogP contribution in [0, 0.1) is 0 Å². The van der Waals surface area contributed by atoms with Crippen LogP contribution in [0.4, 0.5) is 19.0 Å². The fraction of sp³-hybridized carbons (Fsp3) is 0.148. The smallest absolute Gasteiger partial charge is 0.416 e. The number of methoxy groups -OCH3 is 2. The third-order valence-corrected chi connectivity index (χ3v) is 6.06. The molecule has 0 saturated carbocycles. The predicted octanol–water partition coefficient (Wildman–Crippen LogP) is 5.12. The molecule has 5 aromatic rings. The third kappa shape index (κ3) is 4.42. The number of hydrogen-bond donors (Lipinski definition) is 2. The molecule has 0 atom stereocenters. The number of carbonyl (C=O) groups excluding carboxylic acids is 1. The number of carbonyl (C=O) groups is 1. The number of alkyl halides is 3. The first-order chi connectivity index (χ1) is 18.2. The number of benzene rings is 3. The Balaban J connectivity index is 1.61. The third-order valence-electron chi connectivity index (χ3n) is 6.06. The number of nitrogens with zero attached hydrogens (tertiary/aromatic N) is 3. The van der Waals surface area contributed by atoms with Crippen molar-refractivity contribution in [3.05, 3.63) is 83.4 Å². The molecule has 0 bridgehead atoms. The SMILES string of the molecule is COc1ccc(CNC(=O)c2c(N)n(-c3cccc(C(F)(F)F)c3)c3nc4ccccc4nc23)cc1OC. The van der Waals surface area contributed by atoms with Gasteiger partial charge in [-0.2, -0.15) is 13.2 Å². The van der Waals surface area contributed by atoms with E-state index in [1.807, 2.05) is 0 Å². The van der Waals surface area contributed by atoms with Gasteiger partial charge in [-0.05, 0) is 48.0 Å². The van der Waals surface area contributed by atoms with Crippen molar-refractivity contribution in [2.45, 2.75) is 12.7 Å². The first-order valence-electron chi connectivity index (χ1n) is 11.4. The van der Waals surface area contributed by atoms with Crippen molar-refractivity contribution in [3.63, 3.8) is 0 Å². The van der Waals surface area contributed by atoms with E-state index in [0.29, 0.717) is 22.5 Å². The molecule has 194 valence electrons. The zero-order chi connectivity index (χ0) is 27.0. The molecular weight excluding hydrogens is 499 g/mol. The van der Waals surface area contributed by atoms with E-state index in [1.165, 1.54) is 30.9 Å². The van der Waals surface area contributed by atoms with Crippen molar-refractivity contribution in [2.24, 2.45) is 0 Å². The Kier molecular flexibility index (Phi) is 6.27. The lowest BCUT2D eigenvalue weighted by Gasteiger charge is -2.12. The lowest BCUT2D eigenvalue weighted by molar-refractivity contribution is -0.137. The van der Waals surface area contributed by atoms with Crippen molar-refractivity contribution >= 4 is 33.9 Å². The molecule has 2 heterocycles. The van der Waals surface area contributed by atoms with Crippen molar-refractivity contribution in [1.82, 2.24) is 19.9 Å². The monoisotopic (exact) mass is 521 g/mol. The summed E-state index contributed by atoms with van der Waals surface area (Å²) in [7, 11) is 3.03. The molecule has 3 aromatic carbocycles. The topological polar surface area (TPSA) is 104 Å². The van der Waals surface area contributed by atoms with Crippen LogP contribution in [0.2, 0.25) is 0 Å². The van der Waals surface area contributed by atoms with E-state index in [0.717, 1.165) is 17.7 Å². The van der Waals surface area contributed by atoms with Gasteiger partial charge in [0.15, 0.2) is 17.1 Å². The van der Waals surface area contributed by atoms with Gasteiger partial charge in [-0.25, -0.2) is 9.97 Å². The summed E-state index contributed by atoms with van der Waals surface area (Å²) in [6, 6.07) is 16.8. The molecule has 5 rings (SSSR count). The van der Waals surface area contributed by atoms with Gasteiger partial charge >= 0.3 is 6.18 Å². The van der Waals surface area contributed by atoms with E-state index in [4.69, 9.17) is 15.2 Å². The highest BCUT2D eigenvalue weighted by Gasteiger charge is 2.31. The summed E-state index contributed by atoms with van der Waals surface area (Å²) in [5, 5.41) is 2.81. The summed E-state index contributed by atoms with van der Waals surface area (Å²) in [5.41, 5.74) is 7.76. The summed E-state index contributed by atoms with van der Waals surface area (Å²) in [5.74, 6) is 0.396. The number of halogens is 3. The highest BCUT2D eigenvalue weighted by molar-refractivity contribution is 6.11. The quantitative estimate of drug-likeness (QED) is 0.321. The second-order valence-corrected chi connectivity index (χ2v) is 8.40. The first kappa shape index (κ1) is 24.9. The van der Waals surface area contributed by atoms with E-state index >= 15 is 0 Å². The van der Waals surface area contributed by atoms with Crippen LogP contribution in [0.1, 0.15) is 21.5 Å². The zero-order valence-electron chi connectivity index (χ0n) is 20.3. The number of rotatable bonds is 6. The molecule has 1 amide bonds. The normalized spacial score (nSPS) is 11.6. The maximum atomic E-state index is 13.5. The second-order valence-electron chi connectivity index (χ2n) is 8.40. The molecule has 11 heteroatoms. The number of anilines is 1. The summed E-state index contributed by atoms with van der Waals surface area (Å²) in [4.78, 5) is 22.6. The molecule has 2 aromatic heterocycles. The van der Waals surface area contributed by atoms with Crippen LogP contribution in [0.5, 0.6) is 11.5 Å². The first-order valence-corrected chi connectivity index (χ1v) is 11.4. The summed E-state index contributed by atoms with van der Waals surface area (Å²) in [6.07, 6.45) is -4.56. The summed E-state index contributed by atoms with van der Waals surface area (Å²) >= 11 is 0. The number of ether oxygens (including phenoxy) is 2. The molecule has 0 unspecified atom stereocenters. The fourth-order valence-corrected chi connectivity index (χ4v) is 4.23. The van der Waals surface area contributed by atoms with E-state index in [1.54, 1.807) is 42.5 Å². The van der Waals surface area contributed by atoms with Crippen LogP contribution in [-0.4, -0.2) is 34.7 Å². The molecule has 3 N–H and O–H groups in total. The molecular formula is C27H22F3N5O3. The lowest BCUT2D eigenvalue weighted by Crippen LogP contribution is -2.24. The molecule has 0 radical (unpaired) electrons. The van der Waals surface area contributed by atoms with Crippen LogP contribution in [-0.2, 0) is 12.7 Å². The standard InChI is InChI=1S/C27H22F3N5O3/c1-37-20-11-10-15(12-21(20)38-2)14-32-26(36)22-23-25(34-19-9-4-3-8-18(19)33-23)35(24(22)31)17-7-5-6-16(13-17)27(28,29)30/h3-13H,14,31H2,1-2H3,(H,32,36). The van der Waals surface area contributed by atoms with Crippen molar-refractivity contribution in [1.29, 1.82) is 0 Å². The van der Waals surface area contributed by atoms with Crippen LogP contribution >= 0.6 is 0 Å². The number of hydrogen-bond acceptors (Lipinski definition) is 6. The van der Waals surface area contributed by atoms with Crippen molar-refractivity contribution in [2.75, 3.05) is 20.0 Å². The maximum Gasteiger partial charge on any atom is 0.416 e. The number of aromatic nitrogens is 3. The van der Waals surface area contributed by atoms with Gasteiger partial charge in [0.2, 0.25) is 0 Å². The molecule has 38 heavy (non-hydrogen) atoms. The maximum absolute atomic E-state index is 13.5. The average Bonchev–Trinajstić information content (AvgIpc) is 3.20. The Morgan fingerprint density at radius 2 is 1.66 bits per heavy atom. The number of nitrogens with one attached hydrogen (secondary N) is 1. The highest BCUT2D eigenvalue weighted by atomic mass is 19.4. The van der Waals surface area contributed by atoms with Gasteiger partial charge in [0, 0.05) is 12.2 Å². The minimum atomic E-state index is -4.56. The fourth-order valence-electron chi connectivity index (χ4n) is 4.23. The Hall–Kier alpha value is -4.80. The zero-order valence-corrected chi connectivity index (χ0v) is 20.3. The molecule has 0 aliphatic rings. The minimum Gasteiger partial charge on any atom is -0.493 e. The van der Waals surface area contributed by atoms with E-state index in [9.17, 15) is 18.0 Å². The Morgan fingerprint density at radius 1 is 0.947 bits per heavy atom. The molecule has 0 aliphatic heterocycles. The molecule has 8 nitrogen and oxygen atoms in total. The number of amides is 1. The predicted molar refractivity (Wildman–Crippen MR) is 137 cm³/mol. The van der Waals surface area contributed by atoms with E-state index in [-0.39, 0.29) is 34.8 Å². The van der Waals surface area contributed by atoms with E-state index in [2.05, 4.69) is 15.3 Å². The van der Waals surface area contributed by atoms with Gasteiger partial charge in [0.1, 0.15) is 16.9 Å². The van der Waals surface area contributed by atoms with Gasteiger partial charge in [0.05, 0.1) is 30.8 Å². The number of nitrogens with two attached hydrogens (primary N) is 1. The van der Waals surface area contributed by atoms with Gasteiger partial charge in [0.25, 0.3) is 5.91 Å². The molecule has 0 spiro atoms. The molecule has 0 saturated heterocycles. The molecule has 0 aliphatic carbocycles. The van der Waals surface area contributed by atoms with Crippen LogP contribution in [0.15, 0.2) is 66.7 Å². The number of nitrogen functional groups attached to an aromatic ring is 1. The van der Waals surface area contributed by atoms with Gasteiger partial charge in [-0.1, -0.05) is 24.3 Å². The lowest BCUT2D eigenvalue weighted by atomic mass is 10.2. The Bertz CT molecular complexity index is 1680. The Morgan fingerprint density at radius 3 is 2.34 bits per heavy atom. The Labute approximate surface area is 214 Å². The largest absolute Gasteiger partial charge is 0.493 e. The van der Waals surface area contributed by atoms with Gasteiger partial charge in [-0.15, -0.1) is 0 Å². The van der Waals surface area contributed by atoms with Crippen LogP contribution < -0.4 is 20.5 Å².